The Morgan fingerprint density at radius 3 is 2.64 bits per heavy atom. The zero-order valence-corrected chi connectivity index (χ0v) is 15.7. The van der Waals surface area contributed by atoms with E-state index in [0.29, 0.717) is 22.2 Å². The molecule has 3 nitrogen and oxygen atoms in total. The number of nitrogens with zero attached hydrogens (tertiary/aromatic N) is 2. The average molecular weight is 367 g/mol. The summed E-state index contributed by atoms with van der Waals surface area (Å²) >= 11 is 3.24. The van der Waals surface area contributed by atoms with Crippen molar-refractivity contribution in [2.45, 2.75) is 30.5 Å². The lowest BCUT2D eigenvalue weighted by molar-refractivity contribution is 0.0998. The van der Waals surface area contributed by atoms with E-state index in [4.69, 9.17) is 6.42 Å². The van der Waals surface area contributed by atoms with Gasteiger partial charge in [0.05, 0.1) is 16.8 Å². The van der Waals surface area contributed by atoms with Crippen molar-refractivity contribution in [2.24, 2.45) is 4.99 Å². The average Bonchev–Trinajstić information content (AvgIpc) is 2.93. The van der Waals surface area contributed by atoms with E-state index in [1.807, 2.05) is 53.1 Å². The molecule has 2 aromatic carbocycles. The van der Waals surface area contributed by atoms with Crippen molar-refractivity contribution < 1.29 is 4.79 Å². The van der Waals surface area contributed by atoms with Gasteiger partial charge in [0.1, 0.15) is 0 Å². The number of terminal acetylenes is 1. The number of hydrogen-bond donors (Lipinski definition) is 0. The predicted molar refractivity (Wildman–Crippen MR) is 106 cm³/mol. The number of benzene rings is 2. The number of hydrogen-bond acceptors (Lipinski definition) is 3. The number of amides is 1. The van der Waals surface area contributed by atoms with Crippen molar-refractivity contribution in [1.29, 1.82) is 0 Å². The first-order valence-electron chi connectivity index (χ1n) is 7.96. The second-order valence-corrected chi connectivity index (χ2v) is 8.41. The first-order chi connectivity index (χ1) is 12.1. The molecule has 0 N–H and O–H groups in total. The van der Waals surface area contributed by atoms with Crippen molar-refractivity contribution in [1.82, 2.24) is 4.57 Å². The van der Waals surface area contributed by atoms with Gasteiger partial charge in [0.2, 0.25) is 0 Å². The minimum absolute atomic E-state index is 0.251. The van der Waals surface area contributed by atoms with Gasteiger partial charge in [0, 0.05) is 15.7 Å². The highest BCUT2D eigenvalue weighted by Crippen LogP contribution is 2.23. The Balaban J connectivity index is 1.97. The molecule has 3 rings (SSSR count). The van der Waals surface area contributed by atoms with E-state index in [2.05, 4.69) is 24.8 Å². The number of aromatic nitrogens is 1. The van der Waals surface area contributed by atoms with Crippen LogP contribution in [0.25, 0.3) is 10.2 Å². The van der Waals surface area contributed by atoms with E-state index < -0.39 is 0 Å². The second-order valence-electron chi connectivity index (χ2n) is 5.75. The monoisotopic (exact) mass is 366 g/mol. The normalized spacial score (nSPS) is 11.8. The van der Waals surface area contributed by atoms with Crippen molar-refractivity contribution in [3.8, 4) is 12.3 Å². The largest absolute Gasteiger partial charge is 0.305 e. The molecule has 0 unspecified atom stereocenters. The van der Waals surface area contributed by atoms with E-state index in [1.165, 1.54) is 11.3 Å². The van der Waals surface area contributed by atoms with E-state index >= 15 is 0 Å². The molecule has 25 heavy (non-hydrogen) atoms. The van der Waals surface area contributed by atoms with Crippen LogP contribution in [0, 0.1) is 12.3 Å². The Kier molecular flexibility index (Phi) is 5.42. The minimum atomic E-state index is -0.251. The Morgan fingerprint density at radius 1 is 1.24 bits per heavy atom. The van der Waals surface area contributed by atoms with Crippen LogP contribution in [0.5, 0.6) is 0 Å². The zero-order chi connectivity index (χ0) is 17.8. The van der Waals surface area contributed by atoms with Gasteiger partial charge in [-0.1, -0.05) is 43.2 Å². The van der Waals surface area contributed by atoms with Crippen LogP contribution in [0.3, 0.4) is 0 Å². The molecule has 0 aliphatic rings. The van der Waals surface area contributed by atoms with Gasteiger partial charge >= 0.3 is 0 Å². The molecule has 1 heterocycles. The molecule has 0 aliphatic carbocycles. The third-order valence-corrected chi connectivity index (χ3v) is 5.58. The molecule has 0 saturated heterocycles. The van der Waals surface area contributed by atoms with Gasteiger partial charge < -0.3 is 4.57 Å². The van der Waals surface area contributed by atoms with Crippen LogP contribution in [0.15, 0.2) is 58.4 Å². The minimum Gasteiger partial charge on any atom is -0.305 e. The van der Waals surface area contributed by atoms with Gasteiger partial charge in [0.15, 0.2) is 4.80 Å². The van der Waals surface area contributed by atoms with E-state index in [0.717, 1.165) is 15.1 Å². The van der Waals surface area contributed by atoms with Gasteiger partial charge in [-0.05, 0) is 36.4 Å². The van der Waals surface area contributed by atoms with Crippen LogP contribution >= 0.6 is 23.1 Å². The van der Waals surface area contributed by atoms with Crippen LogP contribution in [0.4, 0.5) is 0 Å². The molecule has 0 fully saturated rings. The molecule has 0 atom stereocenters. The molecular weight excluding hydrogens is 348 g/mol. The molecule has 5 heteroatoms. The fraction of sp³-hybridized carbons (Fsp3) is 0.200. The summed E-state index contributed by atoms with van der Waals surface area (Å²) in [5.74, 6) is 2.39. The molecule has 0 bridgehead atoms. The van der Waals surface area contributed by atoms with Gasteiger partial charge in [-0.3, -0.25) is 4.79 Å². The van der Waals surface area contributed by atoms with Crippen LogP contribution in [-0.2, 0) is 6.54 Å². The summed E-state index contributed by atoms with van der Waals surface area (Å²) in [7, 11) is 0. The molecular formula is C20H18N2OS2. The molecule has 0 spiro atoms. The summed E-state index contributed by atoms with van der Waals surface area (Å²) in [5.41, 5.74) is 1.58. The predicted octanol–water partition coefficient (Wildman–Crippen LogP) is 4.58. The Labute approximate surface area is 155 Å². The third-order valence-electron chi connectivity index (χ3n) is 3.51. The van der Waals surface area contributed by atoms with Gasteiger partial charge in [-0.2, -0.15) is 4.99 Å². The summed E-state index contributed by atoms with van der Waals surface area (Å²) < 4.78 is 2.97. The molecule has 126 valence electrons. The topological polar surface area (TPSA) is 34.4 Å². The number of fused-ring (bicyclic) bond motifs is 1. The number of carbonyl (C=O) groups excluding carboxylic acids is 1. The van der Waals surface area contributed by atoms with E-state index in [9.17, 15) is 4.79 Å². The van der Waals surface area contributed by atoms with E-state index in [1.54, 1.807) is 11.8 Å². The molecule has 0 aliphatic heterocycles. The molecule has 1 amide bonds. The fourth-order valence-corrected chi connectivity index (χ4v) is 4.32. The van der Waals surface area contributed by atoms with E-state index in [-0.39, 0.29) is 5.91 Å². The number of thioether (sulfide) groups is 1. The third kappa shape index (κ3) is 4.04. The fourth-order valence-electron chi connectivity index (χ4n) is 2.45. The maximum Gasteiger partial charge on any atom is 0.279 e. The van der Waals surface area contributed by atoms with Crippen LogP contribution in [0.2, 0.25) is 0 Å². The van der Waals surface area contributed by atoms with Crippen molar-refractivity contribution in [3.05, 3.63) is 58.9 Å². The molecule has 0 radical (unpaired) electrons. The molecule has 3 aromatic rings. The van der Waals surface area contributed by atoms with Crippen LogP contribution in [0.1, 0.15) is 24.2 Å². The summed E-state index contributed by atoms with van der Waals surface area (Å²) in [5, 5.41) is 0.507. The van der Waals surface area contributed by atoms with Gasteiger partial charge in [-0.25, -0.2) is 0 Å². The Morgan fingerprint density at radius 2 is 1.96 bits per heavy atom. The lowest BCUT2D eigenvalue weighted by Crippen LogP contribution is -2.16. The second kappa shape index (κ2) is 7.73. The first-order valence-corrected chi connectivity index (χ1v) is 9.65. The lowest BCUT2D eigenvalue weighted by atomic mass is 10.2. The maximum absolute atomic E-state index is 12.5. The Bertz CT molecular complexity index is 1000. The summed E-state index contributed by atoms with van der Waals surface area (Å²) in [4.78, 5) is 18.6. The quantitative estimate of drug-likeness (QED) is 0.500. The molecule has 0 saturated carbocycles. The van der Waals surface area contributed by atoms with Crippen molar-refractivity contribution in [2.75, 3.05) is 0 Å². The Hall–Kier alpha value is -2.29. The smallest absolute Gasteiger partial charge is 0.279 e. The zero-order valence-electron chi connectivity index (χ0n) is 14.1. The van der Waals surface area contributed by atoms with Crippen molar-refractivity contribution >= 4 is 39.2 Å². The highest BCUT2D eigenvalue weighted by atomic mass is 32.2. The molecule has 1 aromatic heterocycles. The summed E-state index contributed by atoms with van der Waals surface area (Å²) in [6, 6.07) is 15.5. The highest BCUT2D eigenvalue weighted by molar-refractivity contribution is 7.99. The van der Waals surface area contributed by atoms with Gasteiger partial charge in [0.25, 0.3) is 5.91 Å². The first kappa shape index (κ1) is 17.5. The summed E-state index contributed by atoms with van der Waals surface area (Å²) in [6.07, 6.45) is 5.48. The van der Waals surface area contributed by atoms with Crippen LogP contribution < -0.4 is 4.80 Å². The number of rotatable bonds is 4. The SMILES string of the molecule is C#CCn1c(=NC(=O)c2ccc(SC(C)C)cc2)sc2ccccc21. The lowest BCUT2D eigenvalue weighted by Gasteiger charge is -2.04. The highest BCUT2D eigenvalue weighted by Gasteiger charge is 2.09. The summed E-state index contributed by atoms with van der Waals surface area (Å²) in [6.45, 7) is 4.68. The van der Waals surface area contributed by atoms with Gasteiger partial charge in [-0.15, -0.1) is 18.2 Å². The van der Waals surface area contributed by atoms with Crippen LogP contribution in [-0.4, -0.2) is 15.7 Å². The number of carbonyl (C=O) groups is 1. The maximum atomic E-state index is 12.5. The number of para-hydroxylation sites is 1. The number of thiazole rings is 1. The van der Waals surface area contributed by atoms with Crippen molar-refractivity contribution in [3.63, 3.8) is 0 Å². The standard InChI is InChI=1S/C20H18N2OS2/c1-4-13-22-17-7-5-6-8-18(17)25-20(22)21-19(23)15-9-11-16(12-10-15)24-14(2)3/h1,5-12,14H,13H2,2-3H3.